The summed E-state index contributed by atoms with van der Waals surface area (Å²) in [5.41, 5.74) is 1.69. The highest BCUT2D eigenvalue weighted by Gasteiger charge is 2.18. The zero-order chi connectivity index (χ0) is 14.5. The fourth-order valence-electron chi connectivity index (χ4n) is 2.65. The molecule has 1 unspecified atom stereocenters. The molecule has 1 aromatic rings. The van der Waals surface area contributed by atoms with E-state index in [1.807, 2.05) is 13.0 Å². The second-order valence-corrected chi connectivity index (χ2v) is 5.94. The number of aromatic nitrogens is 2. The first-order chi connectivity index (χ1) is 9.60. The van der Waals surface area contributed by atoms with E-state index in [9.17, 15) is 4.79 Å². The molecular formula is C15H26N4O. The Hall–Kier alpha value is -1.36. The van der Waals surface area contributed by atoms with Crippen molar-refractivity contribution in [2.24, 2.45) is 5.92 Å². The lowest BCUT2D eigenvalue weighted by Crippen LogP contribution is -2.37. The van der Waals surface area contributed by atoms with Gasteiger partial charge in [0.1, 0.15) is 5.69 Å². The maximum absolute atomic E-state index is 12.3. The van der Waals surface area contributed by atoms with Gasteiger partial charge >= 0.3 is 0 Å². The summed E-state index contributed by atoms with van der Waals surface area (Å²) in [6.45, 7) is 8.83. The van der Waals surface area contributed by atoms with Crippen LogP contribution in [0.5, 0.6) is 0 Å². The van der Waals surface area contributed by atoms with Gasteiger partial charge in [-0.25, -0.2) is 0 Å². The Bertz CT molecular complexity index is 447. The Kier molecular flexibility index (Phi) is 5.17. The molecule has 1 fully saturated rings. The molecule has 1 saturated heterocycles. The largest absolute Gasteiger partial charge is 0.349 e. The molecule has 1 aliphatic heterocycles. The molecule has 1 atom stereocenters. The second kappa shape index (κ2) is 6.88. The lowest BCUT2D eigenvalue weighted by atomic mass is 10.1. The van der Waals surface area contributed by atoms with Gasteiger partial charge in [0.05, 0.1) is 5.69 Å². The topological polar surface area (TPSA) is 59.0 Å². The molecule has 0 aromatic carbocycles. The average Bonchev–Trinajstić information content (AvgIpc) is 3.04. The van der Waals surface area contributed by atoms with Crippen LogP contribution in [-0.4, -0.2) is 34.8 Å². The van der Waals surface area contributed by atoms with Gasteiger partial charge in [-0.2, -0.15) is 5.10 Å². The SMILES string of the molecule is CCn1nc(CC(C)C)cc1C(=O)NCC1CCCN1. The summed E-state index contributed by atoms with van der Waals surface area (Å²) >= 11 is 0. The zero-order valence-corrected chi connectivity index (χ0v) is 12.8. The molecule has 0 aliphatic carbocycles. The molecule has 0 bridgehead atoms. The molecule has 5 heteroatoms. The first kappa shape index (κ1) is 15.0. The number of carbonyl (C=O) groups excluding carboxylic acids is 1. The number of nitrogens with zero attached hydrogens (tertiary/aromatic N) is 2. The molecule has 2 rings (SSSR count). The van der Waals surface area contributed by atoms with E-state index in [1.54, 1.807) is 4.68 Å². The van der Waals surface area contributed by atoms with Crippen LogP contribution in [0, 0.1) is 5.92 Å². The van der Waals surface area contributed by atoms with Crippen molar-refractivity contribution in [2.75, 3.05) is 13.1 Å². The molecular weight excluding hydrogens is 252 g/mol. The highest BCUT2D eigenvalue weighted by atomic mass is 16.2. The van der Waals surface area contributed by atoms with Crippen LogP contribution in [0.2, 0.25) is 0 Å². The van der Waals surface area contributed by atoms with Gasteiger partial charge in [0.2, 0.25) is 0 Å². The van der Waals surface area contributed by atoms with Crippen molar-refractivity contribution in [3.63, 3.8) is 0 Å². The Balaban J connectivity index is 1.98. The summed E-state index contributed by atoms with van der Waals surface area (Å²) in [7, 11) is 0. The summed E-state index contributed by atoms with van der Waals surface area (Å²) in [5, 5.41) is 10.9. The van der Waals surface area contributed by atoms with Crippen molar-refractivity contribution in [2.45, 2.75) is 52.6 Å². The minimum absolute atomic E-state index is 0.0111. The van der Waals surface area contributed by atoms with Crippen LogP contribution in [0.15, 0.2) is 6.07 Å². The van der Waals surface area contributed by atoms with E-state index >= 15 is 0 Å². The van der Waals surface area contributed by atoms with E-state index in [2.05, 4.69) is 29.6 Å². The number of aryl methyl sites for hydroxylation is 1. The van der Waals surface area contributed by atoms with Crippen LogP contribution >= 0.6 is 0 Å². The van der Waals surface area contributed by atoms with Crippen LogP contribution in [0.4, 0.5) is 0 Å². The van der Waals surface area contributed by atoms with Crippen LogP contribution in [0.1, 0.15) is 49.8 Å². The zero-order valence-electron chi connectivity index (χ0n) is 12.8. The van der Waals surface area contributed by atoms with Crippen molar-refractivity contribution in [1.82, 2.24) is 20.4 Å². The van der Waals surface area contributed by atoms with Gasteiger partial charge in [0.15, 0.2) is 0 Å². The third kappa shape index (κ3) is 3.82. The molecule has 1 aliphatic rings. The highest BCUT2D eigenvalue weighted by molar-refractivity contribution is 5.92. The van der Waals surface area contributed by atoms with Gasteiger partial charge in [0.25, 0.3) is 5.91 Å². The van der Waals surface area contributed by atoms with Crippen molar-refractivity contribution >= 4 is 5.91 Å². The van der Waals surface area contributed by atoms with Crippen molar-refractivity contribution < 1.29 is 4.79 Å². The Morgan fingerprint density at radius 3 is 3.00 bits per heavy atom. The molecule has 20 heavy (non-hydrogen) atoms. The Morgan fingerprint density at radius 1 is 1.60 bits per heavy atom. The Morgan fingerprint density at radius 2 is 2.40 bits per heavy atom. The first-order valence-corrected chi connectivity index (χ1v) is 7.68. The normalized spacial score (nSPS) is 18.7. The molecule has 112 valence electrons. The van der Waals surface area contributed by atoms with E-state index in [0.717, 1.165) is 31.6 Å². The van der Waals surface area contributed by atoms with Gasteiger partial charge in [-0.15, -0.1) is 0 Å². The molecule has 5 nitrogen and oxygen atoms in total. The quantitative estimate of drug-likeness (QED) is 0.830. The van der Waals surface area contributed by atoms with Crippen molar-refractivity contribution in [3.05, 3.63) is 17.5 Å². The van der Waals surface area contributed by atoms with Crippen molar-refractivity contribution in [1.29, 1.82) is 0 Å². The molecule has 2 heterocycles. The predicted octanol–water partition coefficient (Wildman–Crippen LogP) is 1.58. The minimum atomic E-state index is -0.0111. The standard InChI is InChI=1S/C15H26N4O/c1-4-19-14(9-13(18-19)8-11(2)3)15(20)17-10-12-6-5-7-16-12/h9,11-12,16H,4-8,10H2,1-3H3,(H,17,20). The minimum Gasteiger partial charge on any atom is -0.349 e. The van der Waals surface area contributed by atoms with Crippen molar-refractivity contribution in [3.8, 4) is 0 Å². The summed E-state index contributed by atoms with van der Waals surface area (Å²) in [6.07, 6.45) is 3.26. The third-order valence-electron chi connectivity index (χ3n) is 3.65. The van der Waals surface area contributed by atoms with E-state index in [-0.39, 0.29) is 5.91 Å². The van der Waals surface area contributed by atoms with Crippen LogP contribution in [0.25, 0.3) is 0 Å². The number of hydrogen-bond acceptors (Lipinski definition) is 3. The average molecular weight is 278 g/mol. The van der Waals surface area contributed by atoms with Crippen LogP contribution in [-0.2, 0) is 13.0 Å². The van der Waals surface area contributed by atoms with E-state index in [0.29, 0.717) is 24.2 Å². The summed E-state index contributed by atoms with van der Waals surface area (Å²) in [5.74, 6) is 0.539. The molecule has 0 saturated carbocycles. The van der Waals surface area contributed by atoms with Gasteiger partial charge < -0.3 is 10.6 Å². The summed E-state index contributed by atoms with van der Waals surface area (Å²) < 4.78 is 1.80. The summed E-state index contributed by atoms with van der Waals surface area (Å²) in [6, 6.07) is 2.35. The number of carbonyl (C=O) groups is 1. The maximum Gasteiger partial charge on any atom is 0.269 e. The smallest absolute Gasteiger partial charge is 0.269 e. The predicted molar refractivity (Wildman–Crippen MR) is 79.8 cm³/mol. The number of hydrogen-bond donors (Lipinski definition) is 2. The highest BCUT2D eigenvalue weighted by Crippen LogP contribution is 2.10. The van der Waals surface area contributed by atoms with Gasteiger partial charge in [-0.3, -0.25) is 9.48 Å². The van der Waals surface area contributed by atoms with E-state index in [4.69, 9.17) is 0 Å². The molecule has 1 aromatic heterocycles. The lowest BCUT2D eigenvalue weighted by Gasteiger charge is -2.11. The van der Waals surface area contributed by atoms with E-state index in [1.165, 1.54) is 6.42 Å². The maximum atomic E-state index is 12.3. The monoisotopic (exact) mass is 278 g/mol. The van der Waals surface area contributed by atoms with E-state index < -0.39 is 0 Å². The first-order valence-electron chi connectivity index (χ1n) is 7.68. The number of amides is 1. The van der Waals surface area contributed by atoms with Crippen LogP contribution < -0.4 is 10.6 Å². The third-order valence-corrected chi connectivity index (χ3v) is 3.65. The molecule has 0 radical (unpaired) electrons. The van der Waals surface area contributed by atoms with Gasteiger partial charge in [0, 0.05) is 19.1 Å². The molecule has 2 N–H and O–H groups in total. The van der Waals surface area contributed by atoms with Gasteiger partial charge in [-0.1, -0.05) is 13.8 Å². The fraction of sp³-hybridized carbons (Fsp3) is 0.733. The lowest BCUT2D eigenvalue weighted by molar-refractivity contribution is 0.0939. The van der Waals surface area contributed by atoms with Gasteiger partial charge in [-0.05, 0) is 44.7 Å². The van der Waals surface area contributed by atoms with Crippen LogP contribution in [0.3, 0.4) is 0 Å². The second-order valence-electron chi connectivity index (χ2n) is 5.94. The number of nitrogens with one attached hydrogen (secondary N) is 2. The number of rotatable bonds is 6. The summed E-state index contributed by atoms with van der Waals surface area (Å²) in [4.78, 5) is 12.3. The fourth-order valence-corrected chi connectivity index (χ4v) is 2.65. The Labute approximate surface area is 121 Å². The molecule has 1 amide bonds. The molecule has 0 spiro atoms.